The van der Waals surface area contributed by atoms with E-state index in [1.165, 1.54) is 24.3 Å². The summed E-state index contributed by atoms with van der Waals surface area (Å²) in [5, 5.41) is 2.52. The van der Waals surface area contributed by atoms with E-state index >= 15 is 0 Å². The number of alkyl halides is 3. The highest BCUT2D eigenvalue weighted by Crippen LogP contribution is 2.29. The average molecular weight is 477 g/mol. The molecule has 0 aliphatic rings. The van der Waals surface area contributed by atoms with E-state index in [9.17, 15) is 26.4 Å². The van der Waals surface area contributed by atoms with Gasteiger partial charge < -0.3 is 5.32 Å². The van der Waals surface area contributed by atoms with Crippen molar-refractivity contribution in [2.24, 2.45) is 0 Å². The summed E-state index contributed by atoms with van der Waals surface area (Å²) in [7, 11) is -4.07. The zero-order chi connectivity index (χ0) is 24.2. The molecule has 1 N–H and O–H groups in total. The Balaban J connectivity index is 1.85. The average Bonchev–Trinajstić information content (AvgIpc) is 2.75. The first kappa shape index (κ1) is 24.3. The molecule has 5 nitrogen and oxygen atoms in total. The molecule has 3 rings (SSSR count). The lowest BCUT2D eigenvalue weighted by molar-refractivity contribution is -0.137. The van der Waals surface area contributed by atoms with Crippen LogP contribution >= 0.6 is 0 Å². The summed E-state index contributed by atoms with van der Waals surface area (Å²) >= 11 is 0. The molecule has 33 heavy (non-hydrogen) atoms. The lowest BCUT2D eigenvalue weighted by atomic mass is 10.1. The maximum absolute atomic E-state index is 13.3. The van der Waals surface area contributed by atoms with Crippen molar-refractivity contribution in [1.29, 1.82) is 0 Å². The Bertz CT molecular complexity index is 1220. The molecule has 0 radical (unpaired) electrons. The number of amides is 1. The fraction of sp³-hybridized carbons (Fsp3) is 0.208. The van der Waals surface area contributed by atoms with E-state index in [0.717, 1.165) is 27.6 Å². The molecule has 0 heterocycles. The Labute approximate surface area is 190 Å². The van der Waals surface area contributed by atoms with Crippen molar-refractivity contribution < 1.29 is 26.4 Å². The van der Waals surface area contributed by atoms with Crippen LogP contribution in [0.25, 0.3) is 0 Å². The summed E-state index contributed by atoms with van der Waals surface area (Å²) in [6.07, 6.45) is -4.50. The van der Waals surface area contributed by atoms with Crippen LogP contribution in [0.5, 0.6) is 0 Å². The molecule has 0 fully saturated rings. The molecule has 0 spiro atoms. The molecule has 0 unspecified atom stereocenters. The quantitative estimate of drug-likeness (QED) is 0.531. The fourth-order valence-corrected chi connectivity index (χ4v) is 4.80. The van der Waals surface area contributed by atoms with Crippen LogP contribution in [0.2, 0.25) is 0 Å². The van der Waals surface area contributed by atoms with Gasteiger partial charge in [-0.1, -0.05) is 36.4 Å². The van der Waals surface area contributed by atoms with Gasteiger partial charge in [-0.2, -0.15) is 13.2 Å². The maximum atomic E-state index is 13.3. The molecule has 0 saturated heterocycles. The molecule has 0 aliphatic carbocycles. The lowest BCUT2D eigenvalue weighted by Gasteiger charge is -2.25. The second-order valence-electron chi connectivity index (χ2n) is 7.65. The number of carbonyl (C=O) groups is 1. The summed E-state index contributed by atoms with van der Waals surface area (Å²) in [5.74, 6) is -0.647. The van der Waals surface area contributed by atoms with Crippen molar-refractivity contribution in [3.8, 4) is 0 Å². The standard InChI is InChI=1S/C24H23F3N2O3S/c1-17-11-18(2)13-21(12-17)29(33(31,32)22-9-4-3-5-10-22)16-23(30)28-15-19-7-6-8-20(14-19)24(25,26)27/h3-14H,15-16H2,1-2H3,(H,28,30). The smallest absolute Gasteiger partial charge is 0.350 e. The van der Waals surface area contributed by atoms with Gasteiger partial charge in [-0.3, -0.25) is 9.10 Å². The predicted molar refractivity (Wildman–Crippen MR) is 120 cm³/mol. The number of rotatable bonds is 7. The normalized spacial score (nSPS) is 11.8. The number of hydrogen-bond donors (Lipinski definition) is 1. The van der Waals surface area contributed by atoms with Gasteiger partial charge >= 0.3 is 6.18 Å². The zero-order valence-electron chi connectivity index (χ0n) is 18.1. The largest absolute Gasteiger partial charge is 0.416 e. The van der Waals surface area contributed by atoms with E-state index in [1.807, 2.05) is 19.9 Å². The molecule has 3 aromatic carbocycles. The van der Waals surface area contributed by atoms with Crippen molar-refractivity contribution in [2.45, 2.75) is 31.5 Å². The minimum atomic E-state index is -4.50. The first-order valence-corrected chi connectivity index (χ1v) is 11.5. The minimum absolute atomic E-state index is 0.0230. The maximum Gasteiger partial charge on any atom is 0.416 e. The van der Waals surface area contributed by atoms with Crippen LogP contribution in [0.15, 0.2) is 77.7 Å². The van der Waals surface area contributed by atoms with Gasteiger partial charge in [0, 0.05) is 6.54 Å². The van der Waals surface area contributed by atoms with Crippen molar-refractivity contribution in [3.05, 3.63) is 95.1 Å². The SMILES string of the molecule is Cc1cc(C)cc(N(CC(=O)NCc2cccc(C(F)(F)F)c2)S(=O)(=O)c2ccccc2)c1. The third kappa shape index (κ3) is 6.13. The highest BCUT2D eigenvalue weighted by molar-refractivity contribution is 7.92. The molecule has 0 bridgehead atoms. The van der Waals surface area contributed by atoms with Crippen LogP contribution in [0, 0.1) is 13.8 Å². The third-order valence-corrected chi connectivity index (χ3v) is 6.64. The summed E-state index contributed by atoms with van der Waals surface area (Å²) < 4.78 is 66.5. The fourth-order valence-electron chi connectivity index (χ4n) is 3.37. The highest BCUT2D eigenvalue weighted by Gasteiger charge is 2.30. The number of sulfonamides is 1. The lowest BCUT2D eigenvalue weighted by Crippen LogP contribution is -2.40. The van der Waals surface area contributed by atoms with Crippen LogP contribution in [-0.4, -0.2) is 20.9 Å². The number of benzene rings is 3. The van der Waals surface area contributed by atoms with Gasteiger partial charge in [-0.15, -0.1) is 0 Å². The molecule has 174 valence electrons. The van der Waals surface area contributed by atoms with E-state index < -0.39 is 34.2 Å². The number of carbonyl (C=O) groups excluding carboxylic acids is 1. The molecule has 1 amide bonds. The Morgan fingerprint density at radius 1 is 0.909 bits per heavy atom. The minimum Gasteiger partial charge on any atom is -0.350 e. The molecular weight excluding hydrogens is 453 g/mol. The second-order valence-corrected chi connectivity index (χ2v) is 9.51. The first-order valence-electron chi connectivity index (χ1n) is 10.1. The molecular formula is C24H23F3N2O3S. The zero-order valence-corrected chi connectivity index (χ0v) is 18.9. The summed E-state index contributed by atoms with van der Waals surface area (Å²) in [6.45, 7) is 2.93. The first-order chi connectivity index (χ1) is 15.5. The van der Waals surface area contributed by atoms with Crippen LogP contribution < -0.4 is 9.62 Å². The van der Waals surface area contributed by atoms with Gasteiger partial charge in [0.1, 0.15) is 6.54 Å². The second kappa shape index (κ2) is 9.66. The van der Waals surface area contributed by atoms with Crippen LogP contribution in [0.4, 0.5) is 18.9 Å². The number of hydrogen-bond acceptors (Lipinski definition) is 3. The van der Waals surface area contributed by atoms with Gasteiger partial charge in [0.15, 0.2) is 0 Å². The number of aryl methyl sites for hydroxylation is 2. The Hall–Kier alpha value is -3.33. The van der Waals surface area contributed by atoms with Crippen molar-refractivity contribution in [1.82, 2.24) is 5.32 Å². The van der Waals surface area contributed by atoms with Crippen LogP contribution in [-0.2, 0) is 27.5 Å². The monoisotopic (exact) mass is 476 g/mol. The Kier molecular flexibility index (Phi) is 7.12. The molecule has 0 aromatic heterocycles. The Morgan fingerprint density at radius 2 is 1.55 bits per heavy atom. The molecule has 0 aliphatic heterocycles. The third-order valence-electron chi connectivity index (χ3n) is 4.86. The number of anilines is 1. The van der Waals surface area contributed by atoms with Crippen LogP contribution in [0.1, 0.15) is 22.3 Å². The van der Waals surface area contributed by atoms with E-state index in [0.29, 0.717) is 5.69 Å². The van der Waals surface area contributed by atoms with Gasteiger partial charge in [-0.05, 0) is 66.9 Å². The number of halogens is 3. The van der Waals surface area contributed by atoms with Crippen molar-refractivity contribution in [2.75, 3.05) is 10.8 Å². The Morgan fingerprint density at radius 3 is 2.15 bits per heavy atom. The number of nitrogens with zero attached hydrogens (tertiary/aromatic N) is 1. The van der Waals surface area contributed by atoms with E-state index in [-0.39, 0.29) is 17.0 Å². The number of nitrogens with one attached hydrogen (secondary N) is 1. The van der Waals surface area contributed by atoms with Gasteiger partial charge in [0.05, 0.1) is 16.1 Å². The van der Waals surface area contributed by atoms with E-state index in [2.05, 4.69) is 5.32 Å². The molecule has 3 aromatic rings. The van der Waals surface area contributed by atoms with E-state index in [4.69, 9.17) is 0 Å². The summed E-state index contributed by atoms with van der Waals surface area (Å²) in [4.78, 5) is 12.7. The molecule has 0 saturated carbocycles. The van der Waals surface area contributed by atoms with Crippen LogP contribution in [0.3, 0.4) is 0 Å². The van der Waals surface area contributed by atoms with Gasteiger partial charge in [0.25, 0.3) is 10.0 Å². The predicted octanol–water partition coefficient (Wildman–Crippen LogP) is 4.83. The molecule has 0 atom stereocenters. The summed E-state index contributed by atoms with van der Waals surface area (Å²) in [5.41, 5.74) is 1.40. The summed E-state index contributed by atoms with van der Waals surface area (Å²) in [6, 6.07) is 17.5. The highest BCUT2D eigenvalue weighted by atomic mass is 32.2. The van der Waals surface area contributed by atoms with Gasteiger partial charge in [0.2, 0.25) is 5.91 Å². The van der Waals surface area contributed by atoms with Crippen molar-refractivity contribution >= 4 is 21.6 Å². The van der Waals surface area contributed by atoms with Crippen molar-refractivity contribution in [3.63, 3.8) is 0 Å². The van der Waals surface area contributed by atoms with Gasteiger partial charge in [-0.25, -0.2) is 8.42 Å². The van der Waals surface area contributed by atoms with E-state index in [1.54, 1.807) is 30.3 Å². The topological polar surface area (TPSA) is 66.5 Å². The molecule has 9 heteroatoms.